The highest BCUT2D eigenvalue weighted by atomic mass is 16.4. The van der Waals surface area contributed by atoms with Crippen molar-refractivity contribution in [3.05, 3.63) is 24.5 Å². The summed E-state index contributed by atoms with van der Waals surface area (Å²) < 4.78 is 0. The molecule has 1 aromatic rings. The Hall–Kier alpha value is -2.11. The lowest BCUT2D eigenvalue weighted by Crippen LogP contribution is -2.41. The van der Waals surface area contributed by atoms with Crippen LogP contribution >= 0.6 is 0 Å². The van der Waals surface area contributed by atoms with Gasteiger partial charge in [0, 0.05) is 19.8 Å². The molecule has 2 amide bonds. The van der Waals surface area contributed by atoms with Crippen LogP contribution in [0, 0.1) is 5.92 Å². The summed E-state index contributed by atoms with van der Waals surface area (Å²) in [6.45, 7) is 1.89. The normalized spacial score (nSPS) is 11.7. The zero-order valence-electron chi connectivity index (χ0n) is 10.5. The second-order valence-corrected chi connectivity index (χ2v) is 3.90. The molecule has 1 unspecified atom stereocenters. The van der Waals surface area contributed by atoms with Crippen LogP contribution in [0.4, 0.5) is 10.5 Å². The number of carboxylic acids is 1. The molecule has 0 aliphatic rings. The van der Waals surface area contributed by atoms with Crippen LogP contribution in [0.3, 0.4) is 0 Å². The Morgan fingerprint density at radius 3 is 2.78 bits per heavy atom. The summed E-state index contributed by atoms with van der Waals surface area (Å²) in [6, 6.07) is 3.13. The topological polar surface area (TPSA) is 82.5 Å². The second kappa shape index (κ2) is 6.58. The van der Waals surface area contributed by atoms with Crippen LogP contribution in [0.5, 0.6) is 0 Å². The van der Waals surface area contributed by atoms with E-state index in [1.807, 2.05) is 0 Å². The molecule has 0 radical (unpaired) electrons. The van der Waals surface area contributed by atoms with Crippen molar-refractivity contribution in [2.24, 2.45) is 5.92 Å². The Bertz CT molecular complexity index is 408. The molecule has 2 N–H and O–H groups in total. The smallest absolute Gasteiger partial charge is 0.321 e. The average Bonchev–Trinajstić information content (AvgIpc) is 2.39. The third-order valence-electron chi connectivity index (χ3n) is 2.68. The minimum absolute atomic E-state index is 0.120. The van der Waals surface area contributed by atoms with Gasteiger partial charge in [0.2, 0.25) is 0 Å². The van der Waals surface area contributed by atoms with E-state index in [1.165, 1.54) is 4.90 Å². The number of rotatable bonds is 5. The molecule has 0 saturated heterocycles. The fourth-order valence-corrected chi connectivity index (χ4v) is 1.40. The molecule has 6 heteroatoms. The zero-order chi connectivity index (χ0) is 13.5. The van der Waals surface area contributed by atoms with Crippen molar-refractivity contribution in [1.82, 2.24) is 10.3 Å². The van der Waals surface area contributed by atoms with Crippen molar-refractivity contribution < 1.29 is 14.7 Å². The molecule has 0 spiro atoms. The molecular formula is C12H17N3O3. The van der Waals surface area contributed by atoms with Gasteiger partial charge in [-0.1, -0.05) is 6.92 Å². The van der Waals surface area contributed by atoms with Crippen molar-refractivity contribution >= 4 is 17.7 Å². The number of carbonyl (C=O) groups excluding carboxylic acids is 1. The van der Waals surface area contributed by atoms with Crippen LogP contribution in [-0.2, 0) is 4.79 Å². The zero-order valence-corrected chi connectivity index (χ0v) is 10.5. The molecule has 0 aromatic carbocycles. The van der Waals surface area contributed by atoms with Crippen molar-refractivity contribution in [3.8, 4) is 0 Å². The number of carbonyl (C=O) groups is 2. The Kier molecular flexibility index (Phi) is 5.10. The summed E-state index contributed by atoms with van der Waals surface area (Å²) in [6.07, 6.45) is 3.66. The van der Waals surface area contributed by atoms with Gasteiger partial charge >= 0.3 is 12.0 Å². The van der Waals surface area contributed by atoms with Gasteiger partial charge in [-0.15, -0.1) is 0 Å². The third kappa shape index (κ3) is 3.73. The maximum Gasteiger partial charge on any atom is 0.321 e. The number of nitrogens with zero attached hydrogens (tertiary/aromatic N) is 2. The van der Waals surface area contributed by atoms with E-state index < -0.39 is 11.9 Å². The lowest BCUT2D eigenvalue weighted by atomic mass is 10.1. The lowest BCUT2D eigenvalue weighted by molar-refractivity contribution is -0.141. The molecule has 0 bridgehead atoms. The number of carboxylic acid groups (broad SMARTS) is 1. The van der Waals surface area contributed by atoms with E-state index in [0.29, 0.717) is 12.1 Å². The number of urea groups is 1. The molecule has 1 rings (SSSR count). The largest absolute Gasteiger partial charge is 0.481 e. The fourth-order valence-electron chi connectivity index (χ4n) is 1.40. The van der Waals surface area contributed by atoms with E-state index in [1.54, 1.807) is 38.5 Å². The average molecular weight is 251 g/mol. The summed E-state index contributed by atoms with van der Waals surface area (Å²) >= 11 is 0. The molecule has 1 atom stereocenters. The van der Waals surface area contributed by atoms with Gasteiger partial charge in [-0.05, 0) is 18.6 Å². The van der Waals surface area contributed by atoms with E-state index in [2.05, 4.69) is 10.3 Å². The van der Waals surface area contributed by atoms with Crippen LogP contribution in [0.25, 0.3) is 0 Å². The Morgan fingerprint density at radius 1 is 1.56 bits per heavy atom. The quantitative estimate of drug-likeness (QED) is 0.827. The number of amides is 2. The number of pyridine rings is 1. The molecular weight excluding hydrogens is 234 g/mol. The SMILES string of the molecule is CCC(CNC(=O)N(C)c1cccnc1)C(=O)O. The standard InChI is InChI=1S/C12H17N3O3/c1-3-9(11(16)17)7-14-12(18)15(2)10-5-4-6-13-8-10/h4-6,8-9H,3,7H2,1-2H3,(H,14,18)(H,16,17). The molecule has 0 aliphatic carbocycles. The summed E-state index contributed by atoms with van der Waals surface area (Å²) in [4.78, 5) is 27.9. The summed E-state index contributed by atoms with van der Waals surface area (Å²) in [5.41, 5.74) is 0.651. The van der Waals surface area contributed by atoms with Gasteiger partial charge in [0.05, 0.1) is 17.8 Å². The Labute approximate surface area is 106 Å². The highest BCUT2D eigenvalue weighted by Crippen LogP contribution is 2.09. The predicted octanol–water partition coefficient (Wildman–Crippen LogP) is 1.34. The van der Waals surface area contributed by atoms with Gasteiger partial charge < -0.3 is 10.4 Å². The molecule has 18 heavy (non-hydrogen) atoms. The number of hydrogen-bond donors (Lipinski definition) is 2. The molecule has 0 fully saturated rings. The van der Waals surface area contributed by atoms with Crippen molar-refractivity contribution in [3.63, 3.8) is 0 Å². The third-order valence-corrected chi connectivity index (χ3v) is 2.68. The Morgan fingerprint density at radius 2 is 2.28 bits per heavy atom. The van der Waals surface area contributed by atoms with Crippen LogP contribution in [0.2, 0.25) is 0 Å². The van der Waals surface area contributed by atoms with E-state index in [9.17, 15) is 9.59 Å². The van der Waals surface area contributed by atoms with E-state index in [-0.39, 0.29) is 12.6 Å². The summed E-state index contributed by atoms with van der Waals surface area (Å²) in [5.74, 6) is -1.46. The van der Waals surface area contributed by atoms with Crippen LogP contribution in [-0.4, -0.2) is 35.7 Å². The van der Waals surface area contributed by atoms with Crippen LogP contribution < -0.4 is 10.2 Å². The minimum atomic E-state index is -0.901. The first-order valence-electron chi connectivity index (χ1n) is 5.70. The van der Waals surface area contributed by atoms with Gasteiger partial charge in [0.15, 0.2) is 0 Å². The molecule has 6 nitrogen and oxygen atoms in total. The predicted molar refractivity (Wildman–Crippen MR) is 67.5 cm³/mol. The van der Waals surface area contributed by atoms with E-state index in [4.69, 9.17) is 5.11 Å². The number of aromatic nitrogens is 1. The maximum atomic E-state index is 11.8. The monoisotopic (exact) mass is 251 g/mol. The van der Waals surface area contributed by atoms with Crippen LogP contribution in [0.15, 0.2) is 24.5 Å². The molecule has 1 aromatic heterocycles. The van der Waals surface area contributed by atoms with Crippen molar-refractivity contribution in [1.29, 1.82) is 0 Å². The number of aliphatic carboxylic acids is 1. The van der Waals surface area contributed by atoms with Crippen LogP contribution in [0.1, 0.15) is 13.3 Å². The molecule has 1 heterocycles. The minimum Gasteiger partial charge on any atom is -0.481 e. The second-order valence-electron chi connectivity index (χ2n) is 3.90. The highest BCUT2D eigenvalue weighted by Gasteiger charge is 2.17. The molecule has 0 aliphatic heterocycles. The highest BCUT2D eigenvalue weighted by molar-refractivity contribution is 5.91. The van der Waals surface area contributed by atoms with Gasteiger partial charge in [-0.3, -0.25) is 14.7 Å². The van der Waals surface area contributed by atoms with Gasteiger partial charge in [-0.25, -0.2) is 4.79 Å². The van der Waals surface area contributed by atoms with Gasteiger partial charge in [-0.2, -0.15) is 0 Å². The van der Waals surface area contributed by atoms with Gasteiger partial charge in [0.1, 0.15) is 0 Å². The molecule has 98 valence electrons. The first-order valence-corrected chi connectivity index (χ1v) is 5.70. The fraction of sp³-hybridized carbons (Fsp3) is 0.417. The van der Waals surface area contributed by atoms with Crippen molar-refractivity contribution in [2.75, 3.05) is 18.5 Å². The van der Waals surface area contributed by atoms with Crippen molar-refractivity contribution in [2.45, 2.75) is 13.3 Å². The van der Waals surface area contributed by atoms with E-state index in [0.717, 1.165) is 0 Å². The summed E-state index contributed by atoms with van der Waals surface area (Å²) in [7, 11) is 1.61. The van der Waals surface area contributed by atoms with Gasteiger partial charge in [0.25, 0.3) is 0 Å². The summed E-state index contributed by atoms with van der Waals surface area (Å²) in [5, 5.41) is 11.5. The first kappa shape index (κ1) is 14.0. The number of nitrogens with one attached hydrogen (secondary N) is 1. The Balaban J connectivity index is 2.53. The number of hydrogen-bond acceptors (Lipinski definition) is 3. The van der Waals surface area contributed by atoms with E-state index >= 15 is 0 Å². The number of anilines is 1. The molecule has 0 saturated carbocycles. The maximum absolute atomic E-state index is 11.8. The lowest BCUT2D eigenvalue weighted by Gasteiger charge is -2.19. The first-order chi connectivity index (χ1) is 8.56.